The van der Waals surface area contributed by atoms with Gasteiger partial charge in [0.25, 0.3) is 5.56 Å². The molecule has 3 rings (SSSR count). The molecule has 2 aromatic rings. The van der Waals surface area contributed by atoms with E-state index in [2.05, 4.69) is 25.2 Å². The summed E-state index contributed by atoms with van der Waals surface area (Å²) in [6.07, 6.45) is -3.11. The molecule has 128 valence electrons. The van der Waals surface area contributed by atoms with Crippen molar-refractivity contribution in [1.82, 2.24) is 20.1 Å². The number of rotatable bonds is 4. The molecule has 3 heterocycles. The molecule has 1 aliphatic heterocycles. The van der Waals surface area contributed by atoms with Crippen LogP contribution in [0.1, 0.15) is 19.2 Å². The number of hydrogen-bond acceptors (Lipinski definition) is 7. The minimum Gasteiger partial charge on any atom is -0.455 e. The fraction of sp³-hybridized carbons (Fsp3) is 0.385. The molecule has 0 amide bonds. The van der Waals surface area contributed by atoms with Gasteiger partial charge in [0, 0.05) is 37.7 Å². The summed E-state index contributed by atoms with van der Waals surface area (Å²) >= 11 is 0. The number of hydrogen-bond donors (Lipinski definition) is 1. The van der Waals surface area contributed by atoms with Crippen LogP contribution < -0.4 is 11.0 Å². The van der Waals surface area contributed by atoms with Crippen LogP contribution in [-0.2, 0) is 17.5 Å². The van der Waals surface area contributed by atoms with Crippen LogP contribution in [0.25, 0.3) is 11.4 Å². The Kier molecular flexibility index (Phi) is 3.99. The number of hydrazone groups is 1. The van der Waals surface area contributed by atoms with Crippen LogP contribution in [0.3, 0.4) is 0 Å². The number of ether oxygens (including phenoxy) is 1. The molecule has 11 heteroatoms. The summed E-state index contributed by atoms with van der Waals surface area (Å²) in [5, 5.41) is 7.11. The van der Waals surface area contributed by atoms with Gasteiger partial charge in [0.05, 0.1) is 0 Å². The molecule has 1 unspecified atom stereocenters. The lowest BCUT2D eigenvalue weighted by atomic mass is 10.2. The second kappa shape index (κ2) is 5.98. The zero-order chi connectivity index (χ0) is 17.3. The predicted octanol–water partition coefficient (Wildman–Crippen LogP) is 1.59. The first-order valence-corrected chi connectivity index (χ1v) is 6.91. The van der Waals surface area contributed by atoms with Crippen molar-refractivity contribution in [3.8, 4) is 11.4 Å². The Balaban J connectivity index is 1.70. The minimum atomic E-state index is -4.73. The summed E-state index contributed by atoms with van der Waals surface area (Å²) in [5.41, 5.74) is 2.50. The number of nitrogens with zero attached hydrogens (tertiary/aromatic N) is 4. The van der Waals surface area contributed by atoms with E-state index in [4.69, 9.17) is 4.74 Å². The van der Waals surface area contributed by atoms with Crippen LogP contribution in [-0.4, -0.2) is 26.8 Å². The van der Waals surface area contributed by atoms with E-state index in [1.54, 1.807) is 6.92 Å². The van der Waals surface area contributed by atoms with Crippen LogP contribution in [0.4, 0.5) is 13.2 Å². The summed E-state index contributed by atoms with van der Waals surface area (Å²) in [5.74, 6) is -1.24. The Labute approximate surface area is 132 Å². The van der Waals surface area contributed by atoms with Gasteiger partial charge in [0.2, 0.25) is 11.7 Å². The van der Waals surface area contributed by atoms with Gasteiger partial charge in [-0.05, 0) is 6.07 Å². The van der Waals surface area contributed by atoms with Crippen molar-refractivity contribution in [1.29, 1.82) is 0 Å². The summed E-state index contributed by atoms with van der Waals surface area (Å²) in [7, 11) is 0. The summed E-state index contributed by atoms with van der Waals surface area (Å²) in [6, 6.07) is 2.59. The Morgan fingerprint density at radius 1 is 1.42 bits per heavy atom. The molecular weight excluding hydrogens is 331 g/mol. The summed E-state index contributed by atoms with van der Waals surface area (Å²) in [4.78, 5) is 15.3. The highest BCUT2D eigenvalue weighted by Gasteiger charge is 2.38. The Morgan fingerprint density at radius 2 is 2.21 bits per heavy atom. The van der Waals surface area contributed by atoms with Gasteiger partial charge in [-0.3, -0.25) is 10.2 Å². The molecule has 0 aliphatic carbocycles. The van der Waals surface area contributed by atoms with Crippen molar-refractivity contribution in [2.75, 3.05) is 0 Å². The zero-order valence-corrected chi connectivity index (χ0v) is 12.4. The second-order valence-corrected chi connectivity index (χ2v) is 5.02. The molecule has 1 aliphatic rings. The molecule has 0 saturated carbocycles. The van der Waals surface area contributed by atoms with E-state index in [0.717, 1.165) is 6.07 Å². The van der Waals surface area contributed by atoms with E-state index >= 15 is 0 Å². The molecule has 0 radical (unpaired) electrons. The van der Waals surface area contributed by atoms with Crippen molar-refractivity contribution < 1.29 is 22.4 Å². The van der Waals surface area contributed by atoms with Gasteiger partial charge < -0.3 is 13.8 Å². The zero-order valence-electron chi connectivity index (χ0n) is 12.4. The molecule has 0 bridgehead atoms. The SMILES string of the molecule is CC1=NNC(CCn2ccc(-c3noc(C(F)(F)F)n3)cc2=O)O1. The number of pyridine rings is 1. The van der Waals surface area contributed by atoms with E-state index in [9.17, 15) is 18.0 Å². The first-order valence-electron chi connectivity index (χ1n) is 6.91. The van der Waals surface area contributed by atoms with Crippen molar-refractivity contribution in [3.05, 3.63) is 34.6 Å². The predicted molar refractivity (Wildman–Crippen MR) is 74.7 cm³/mol. The molecule has 1 atom stereocenters. The van der Waals surface area contributed by atoms with Gasteiger partial charge in [-0.15, -0.1) is 5.10 Å². The Morgan fingerprint density at radius 3 is 2.79 bits per heavy atom. The smallest absolute Gasteiger partial charge is 0.455 e. The number of nitrogens with one attached hydrogen (secondary N) is 1. The number of halogens is 3. The lowest BCUT2D eigenvalue weighted by Gasteiger charge is -2.11. The van der Waals surface area contributed by atoms with Gasteiger partial charge in [0.1, 0.15) is 0 Å². The topological polar surface area (TPSA) is 94.5 Å². The third-order valence-electron chi connectivity index (χ3n) is 3.23. The van der Waals surface area contributed by atoms with Crippen LogP contribution in [0.15, 0.2) is 32.7 Å². The average molecular weight is 343 g/mol. The fourth-order valence-electron chi connectivity index (χ4n) is 2.09. The van der Waals surface area contributed by atoms with Gasteiger partial charge in [-0.25, -0.2) is 0 Å². The molecular formula is C13H12F3N5O3. The highest BCUT2D eigenvalue weighted by Crippen LogP contribution is 2.29. The molecule has 0 spiro atoms. The molecule has 0 aromatic carbocycles. The van der Waals surface area contributed by atoms with Gasteiger partial charge in [0.15, 0.2) is 6.23 Å². The first kappa shape index (κ1) is 16.0. The molecule has 0 saturated heterocycles. The number of aryl methyl sites for hydroxylation is 1. The lowest BCUT2D eigenvalue weighted by molar-refractivity contribution is -0.159. The maximum Gasteiger partial charge on any atom is 0.471 e. The average Bonchev–Trinajstić information content (AvgIpc) is 3.14. The van der Waals surface area contributed by atoms with Crippen LogP contribution in [0, 0.1) is 0 Å². The molecule has 2 aromatic heterocycles. The van der Waals surface area contributed by atoms with Crippen LogP contribution in [0.2, 0.25) is 0 Å². The second-order valence-electron chi connectivity index (χ2n) is 5.02. The van der Waals surface area contributed by atoms with Gasteiger partial charge >= 0.3 is 12.1 Å². The van der Waals surface area contributed by atoms with Gasteiger partial charge in [-0.1, -0.05) is 5.16 Å². The molecule has 8 nitrogen and oxygen atoms in total. The quantitative estimate of drug-likeness (QED) is 0.906. The third-order valence-corrected chi connectivity index (χ3v) is 3.23. The van der Waals surface area contributed by atoms with E-state index < -0.39 is 17.6 Å². The largest absolute Gasteiger partial charge is 0.471 e. The summed E-state index contributed by atoms with van der Waals surface area (Å²) in [6.45, 7) is 2.05. The highest BCUT2D eigenvalue weighted by atomic mass is 19.4. The third kappa shape index (κ3) is 3.39. The Bertz CT molecular complexity index is 827. The normalized spacial score (nSPS) is 17.3. The maximum atomic E-state index is 12.4. The standard InChI is InChI=1S/C13H12F3N5O3/c1-7-18-19-9(23-7)3-5-21-4-2-8(6-10(21)22)11-17-12(24-20-11)13(14,15)16/h2,4,6,9,19H,3,5H2,1H3. The van der Waals surface area contributed by atoms with E-state index in [1.807, 2.05) is 0 Å². The van der Waals surface area contributed by atoms with Crippen molar-refractivity contribution in [2.24, 2.45) is 5.10 Å². The monoisotopic (exact) mass is 343 g/mol. The lowest BCUT2D eigenvalue weighted by Crippen LogP contribution is -2.27. The number of aromatic nitrogens is 3. The van der Waals surface area contributed by atoms with Crippen molar-refractivity contribution in [3.63, 3.8) is 0 Å². The Hall–Kier alpha value is -2.85. The maximum absolute atomic E-state index is 12.4. The first-order chi connectivity index (χ1) is 11.3. The van der Waals surface area contributed by atoms with Gasteiger partial charge in [-0.2, -0.15) is 18.2 Å². The van der Waals surface area contributed by atoms with Crippen molar-refractivity contribution >= 4 is 5.90 Å². The van der Waals surface area contributed by atoms with Crippen molar-refractivity contribution in [2.45, 2.75) is 32.3 Å². The molecule has 0 fully saturated rings. The molecule has 1 N–H and O–H groups in total. The number of alkyl halides is 3. The van der Waals surface area contributed by atoms with E-state index in [-0.39, 0.29) is 17.6 Å². The summed E-state index contributed by atoms with van der Waals surface area (Å²) < 4.78 is 48.2. The fourth-order valence-corrected chi connectivity index (χ4v) is 2.09. The molecule has 24 heavy (non-hydrogen) atoms. The van der Waals surface area contributed by atoms with E-state index in [1.165, 1.54) is 16.8 Å². The minimum absolute atomic E-state index is 0.143. The highest BCUT2D eigenvalue weighted by molar-refractivity contribution is 5.74. The van der Waals surface area contributed by atoms with E-state index in [0.29, 0.717) is 18.9 Å². The van der Waals surface area contributed by atoms with Crippen LogP contribution in [0.5, 0.6) is 0 Å². The van der Waals surface area contributed by atoms with Crippen LogP contribution >= 0.6 is 0 Å².